The van der Waals surface area contributed by atoms with Gasteiger partial charge in [-0.2, -0.15) is 0 Å². The van der Waals surface area contributed by atoms with Gasteiger partial charge in [-0.25, -0.2) is 0 Å². The summed E-state index contributed by atoms with van der Waals surface area (Å²) in [7, 11) is 0. The Bertz CT molecular complexity index is 115. The number of rotatable bonds is 5. The van der Waals surface area contributed by atoms with Crippen molar-refractivity contribution in [1.82, 2.24) is 5.32 Å². The van der Waals surface area contributed by atoms with Crippen LogP contribution in [0.5, 0.6) is 0 Å². The molecule has 0 heterocycles. The van der Waals surface area contributed by atoms with Gasteiger partial charge in [0, 0.05) is 6.54 Å². The Morgan fingerprint density at radius 3 is 2.50 bits per heavy atom. The standard InChI is InChI=1S/C6H11NO3.C2H6/c1-2-7-6(9)5-10-4-3-8;1-2/h3H,2,4-5H2,1H3,(H,7,9);1-2H3. The molecule has 1 amide bonds. The summed E-state index contributed by atoms with van der Waals surface area (Å²) in [5, 5.41) is 2.52. The molecule has 0 aromatic carbocycles. The highest BCUT2D eigenvalue weighted by Crippen LogP contribution is 1.71. The van der Waals surface area contributed by atoms with Crippen molar-refractivity contribution >= 4 is 12.2 Å². The van der Waals surface area contributed by atoms with Crippen molar-refractivity contribution in [3.63, 3.8) is 0 Å². The lowest BCUT2D eigenvalue weighted by Crippen LogP contribution is -2.27. The van der Waals surface area contributed by atoms with E-state index in [1.165, 1.54) is 0 Å². The third kappa shape index (κ3) is 11.8. The third-order valence-corrected chi connectivity index (χ3v) is 0.793. The third-order valence-electron chi connectivity index (χ3n) is 0.793. The summed E-state index contributed by atoms with van der Waals surface area (Å²) in [5.41, 5.74) is 0. The summed E-state index contributed by atoms with van der Waals surface area (Å²) < 4.78 is 4.62. The lowest BCUT2D eigenvalue weighted by molar-refractivity contribution is -0.126. The van der Waals surface area contributed by atoms with Gasteiger partial charge in [0.25, 0.3) is 0 Å². The Kier molecular flexibility index (Phi) is 14.5. The van der Waals surface area contributed by atoms with Crippen molar-refractivity contribution < 1.29 is 14.3 Å². The topological polar surface area (TPSA) is 55.4 Å². The number of nitrogens with one attached hydrogen (secondary N) is 1. The van der Waals surface area contributed by atoms with Crippen LogP contribution in [0.25, 0.3) is 0 Å². The average molecular weight is 175 g/mol. The smallest absolute Gasteiger partial charge is 0.246 e. The Hall–Kier alpha value is -0.900. The van der Waals surface area contributed by atoms with Crippen LogP contribution in [0.15, 0.2) is 0 Å². The van der Waals surface area contributed by atoms with Gasteiger partial charge < -0.3 is 14.8 Å². The summed E-state index contributed by atoms with van der Waals surface area (Å²) in [6.45, 7) is 6.35. The van der Waals surface area contributed by atoms with Crippen LogP contribution < -0.4 is 5.32 Å². The Morgan fingerprint density at radius 1 is 1.50 bits per heavy atom. The molecule has 0 aromatic heterocycles. The van der Waals surface area contributed by atoms with Crippen LogP contribution in [0, 0.1) is 0 Å². The number of aldehydes is 1. The molecule has 0 fully saturated rings. The predicted molar refractivity (Wildman–Crippen MR) is 46.9 cm³/mol. The van der Waals surface area contributed by atoms with E-state index in [1.54, 1.807) is 0 Å². The first-order chi connectivity index (χ1) is 5.81. The fourth-order valence-corrected chi connectivity index (χ4v) is 0.448. The molecule has 0 aromatic rings. The number of hydrogen-bond donors (Lipinski definition) is 1. The molecule has 0 spiro atoms. The molecule has 4 nitrogen and oxygen atoms in total. The molecule has 0 atom stereocenters. The Labute approximate surface area is 73.3 Å². The van der Waals surface area contributed by atoms with E-state index in [9.17, 15) is 9.59 Å². The fraction of sp³-hybridized carbons (Fsp3) is 0.750. The first-order valence-electron chi connectivity index (χ1n) is 4.09. The maximum Gasteiger partial charge on any atom is 0.246 e. The van der Waals surface area contributed by atoms with Crippen LogP contribution in [0.2, 0.25) is 0 Å². The van der Waals surface area contributed by atoms with Gasteiger partial charge in [-0.05, 0) is 6.92 Å². The summed E-state index contributed by atoms with van der Waals surface area (Å²) in [4.78, 5) is 20.3. The van der Waals surface area contributed by atoms with Gasteiger partial charge in [-0.15, -0.1) is 0 Å². The van der Waals surface area contributed by atoms with Crippen LogP contribution in [0.4, 0.5) is 0 Å². The normalized spacial score (nSPS) is 7.92. The van der Waals surface area contributed by atoms with Crippen molar-refractivity contribution in [2.45, 2.75) is 20.8 Å². The van der Waals surface area contributed by atoms with Crippen molar-refractivity contribution in [2.24, 2.45) is 0 Å². The second-order valence-electron chi connectivity index (χ2n) is 1.64. The van der Waals surface area contributed by atoms with E-state index in [0.29, 0.717) is 12.8 Å². The number of carbonyl (C=O) groups excluding carboxylic acids is 2. The number of carbonyl (C=O) groups is 2. The molecule has 0 aliphatic rings. The summed E-state index contributed by atoms with van der Waals surface area (Å²) >= 11 is 0. The van der Waals surface area contributed by atoms with E-state index in [0.717, 1.165) is 0 Å². The first kappa shape index (κ1) is 13.7. The molecule has 0 aliphatic carbocycles. The molecule has 0 aliphatic heterocycles. The van der Waals surface area contributed by atoms with E-state index in [1.807, 2.05) is 20.8 Å². The van der Waals surface area contributed by atoms with E-state index >= 15 is 0 Å². The highest BCUT2D eigenvalue weighted by Gasteiger charge is 1.96. The van der Waals surface area contributed by atoms with E-state index in [2.05, 4.69) is 10.1 Å². The summed E-state index contributed by atoms with van der Waals surface area (Å²) in [6, 6.07) is 0. The highest BCUT2D eigenvalue weighted by atomic mass is 16.5. The molecule has 12 heavy (non-hydrogen) atoms. The van der Waals surface area contributed by atoms with Crippen molar-refractivity contribution in [3.05, 3.63) is 0 Å². The molecule has 0 rings (SSSR count). The molecule has 0 saturated carbocycles. The zero-order valence-corrected chi connectivity index (χ0v) is 7.92. The Morgan fingerprint density at radius 2 is 2.08 bits per heavy atom. The molecule has 0 saturated heterocycles. The molecule has 0 unspecified atom stereocenters. The van der Waals surface area contributed by atoms with Gasteiger partial charge in [-0.1, -0.05) is 13.8 Å². The summed E-state index contributed by atoms with van der Waals surface area (Å²) in [6.07, 6.45) is 0.610. The van der Waals surface area contributed by atoms with Crippen LogP contribution in [-0.2, 0) is 14.3 Å². The zero-order valence-electron chi connectivity index (χ0n) is 7.92. The fourth-order valence-electron chi connectivity index (χ4n) is 0.448. The SMILES string of the molecule is CC.CCNC(=O)COCC=O. The molecular formula is C8H17NO3. The van der Waals surface area contributed by atoms with E-state index in [4.69, 9.17) is 0 Å². The molecular weight excluding hydrogens is 158 g/mol. The van der Waals surface area contributed by atoms with Crippen LogP contribution in [-0.4, -0.2) is 32.0 Å². The minimum Gasteiger partial charge on any atom is -0.364 e. The quantitative estimate of drug-likeness (QED) is 0.485. The monoisotopic (exact) mass is 175 g/mol. The van der Waals surface area contributed by atoms with Crippen molar-refractivity contribution in [1.29, 1.82) is 0 Å². The van der Waals surface area contributed by atoms with E-state index < -0.39 is 0 Å². The van der Waals surface area contributed by atoms with E-state index in [-0.39, 0.29) is 19.1 Å². The van der Waals surface area contributed by atoms with Gasteiger partial charge in [0.05, 0.1) is 0 Å². The maximum atomic E-state index is 10.6. The number of amides is 1. The van der Waals surface area contributed by atoms with Gasteiger partial charge in [0.15, 0.2) is 0 Å². The van der Waals surface area contributed by atoms with Crippen LogP contribution >= 0.6 is 0 Å². The Balaban J connectivity index is 0. The number of likely N-dealkylation sites (N-methyl/N-ethyl adjacent to an activating group) is 1. The van der Waals surface area contributed by atoms with Crippen molar-refractivity contribution in [2.75, 3.05) is 19.8 Å². The van der Waals surface area contributed by atoms with Gasteiger partial charge >= 0.3 is 0 Å². The lowest BCUT2D eigenvalue weighted by Gasteiger charge is -1.99. The minimum atomic E-state index is -0.190. The number of ether oxygens (including phenoxy) is 1. The molecule has 0 radical (unpaired) electrons. The van der Waals surface area contributed by atoms with Crippen LogP contribution in [0.1, 0.15) is 20.8 Å². The molecule has 4 heteroatoms. The predicted octanol–water partition coefficient (Wildman–Crippen LogP) is 0.364. The maximum absolute atomic E-state index is 10.6. The minimum absolute atomic E-state index is 0.0167. The van der Waals surface area contributed by atoms with Gasteiger partial charge in [-0.3, -0.25) is 4.79 Å². The zero-order chi connectivity index (χ0) is 9.82. The second kappa shape index (κ2) is 12.7. The molecule has 0 bridgehead atoms. The largest absolute Gasteiger partial charge is 0.364 e. The van der Waals surface area contributed by atoms with Gasteiger partial charge in [0.2, 0.25) is 5.91 Å². The number of hydrogen-bond acceptors (Lipinski definition) is 3. The highest BCUT2D eigenvalue weighted by molar-refractivity contribution is 5.77. The van der Waals surface area contributed by atoms with Crippen LogP contribution in [0.3, 0.4) is 0 Å². The van der Waals surface area contributed by atoms with Crippen molar-refractivity contribution in [3.8, 4) is 0 Å². The second-order valence-corrected chi connectivity index (χ2v) is 1.64. The summed E-state index contributed by atoms with van der Waals surface area (Å²) in [5.74, 6) is -0.190. The lowest BCUT2D eigenvalue weighted by atomic mass is 10.6. The van der Waals surface area contributed by atoms with Gasteiger partial charge in [0.1, 0.15) is 19.5 Å². The average Bonchev–Trinajstić information content (AvgIpc) is 2.09. The first-order valence-corrected chi connectivity index (χ1v) is 4.09. The molecule has 1 N–H and O–H groups in total. The molecule has 72 valence electrons.